The van der Waals surface area contributed by atoms with Crippen LogP contribution in [0, 0.1) is 5.82 Å². The number of anilines is 1. The van der Waals surface area contributed by atoms with Gasteiger partial charge in [0.25, 0.3) is 5.91 Å². The lowest BCUT2D eigenvalue weighted by Crippen LogP contribution is -2.13. The van der Waals surface area contributed by atoms with Gasteiger partial charge in [0, 0.05) is 23.4 Å². The third-order valence-corrected chi connectivity index (χ3v) is 5.35. The van der Waals surface area contributed by atoms with Crippen LogP contribution in [-0.2, 0) is 21.2 Å². The molecule has 1 N–H and O–H groups in total. The summed E-state index contributed by atoms with van der Waals surface area (Å²) in [5.41, 5.74) is 1.98. The van der Waals surface area contributed by atoms with Crippen LogP contribution in [0.5, 0.6) is 0 Å². The third-order valence-electron chi connectivity index (χ3n) is 3.69. The largest absolute Gasteiger partial charge is 0.374 e. The third kappa shape index (κ3) is 6.11. The van der Waals surface area contributed by atoms with Gasteiger partial charge in [0.1, 0.15) is 21.3 Å². The van der Waals surface area contributed by atoms with Crippen LogP contribution >= 0.6 is 11.3 Å². The summed E-state index contributed by atoms with van der Waals surface area (Å²) in [5, 5.41) is 4.73. The molecule has 0 fully saturated rings. The van der Waals surface area contributed by atoms with Gasteiger partial charge in [0.2, 0.25) is 0 Å². The van der Waals surface area contributed by atoms with Crippen molar-refractivity contribution in [3.8, 4) is 11.3 Å². The first-order chi connectivity index (χ1) is 13.8. The quantitative estimate of drug-likeness (QED) is 0.540. The standard InChI is InChI=1S/C18H17FN4O4S2/c1-29(25,26)8-7-27-10-15-13(3-2-6-20-15)16-11-28-18(22-16)23-17(24)14-5-4-12(19)9-21-14/h2-6,9,11H,7-8,10H2,1H3,(H,22,23,24). The molecule has 3 rings (SSSR count). The van der Waals surface area contributed by atoms with Crippen molar-refractivity contribution >= 4 is 32.2 Å². The van der Waals surface area contributed by atoms with E-state index in [1.165, 1.54) is 17.4 Å². The highest BCUT2D eigenvalue weighted by molar-refractivity contribution is 7.90. The Balaban J connectivity index is 1.68. The highest BCUT2D eigenvalue weighted by atomic mass is 32.2. The number of amides is 1. The van der Waals surface area contributed by atoms with Gasteiger partial charge in [-0.15, -0.1) is 11.3 Å². The summed E-state index contributed by atoms with van der Waals surface area (Å²) >= 11 is 1.22. The first-order valence-electron chi connectivity index (χ1n) is 8.40. The number of hydrogen-bond acceptors (Lipinski definition) is 8. The molecule has 0 aliphatic heterocycles. The van der Waals surface area contributed by atoms with E-state index in [2.05, 4.69) is 20.3 Å². The second kappa shape index (κ2) is 9.16. The van der Waals surface area contributed by atoms with Crippen LogP contribution < -0.4 is 5.32 Å². The number of halogens is 1. The Morgan fingerprint density at radius 1 is 1.28 bits per heavy atom. The van der Waals surface area contributed by atoms with E-state index in [-0.39, 0.29) is 24.7 Å². The Labute approximate surface area is 170 Å². The minimum atomic E-state index is -3.10. The Kier molecular flexibility index (Phi) is 6.62. The molecule has 1 amide bonds. The Morgan fingerprint density at radius 2 is 2.10 bits per heavy atom. The number of nitrogens with one attached hydrogen (secondary N) is 1. The summed E-state index contributed by atoms with van der Waals surface area (Å²) in [4.78, 5) is 24.6. The fourth-order valence-electron chi connectivity index (χ4n) is 2.29. The van der Waals surface area contributed by atoms with Crippen LogP contribution in [0.2, 0.25) is 0 Å². The van der Waals surface area contributed by atoms with Gasteiger partial charge in [-0.05, 0) is 24.3 Å². The van der Waals surface area contributed by atoms with Gasteiger partial charge in [-0.3, -0.25) is 15.1 Å². The summed E-state index contributed by atoms with van der Waals surface area (Å²) in [7, 11) is -3.10. The summed E-state index contributed by atoms with van der Waals surface area (Å²) in [5.74, 6) is -1.10. The summed E-state index contributed by atoms with van der Waals surface area (Å²) in [6.45, 7) is 0.197. The second-order valence-corrected chi connectivity index (χ2v) is 9.15. The molecular weight excluding hydrogens is 419 g/mol. The topological polar surface area (TPSA) is 111 Å². The maximum atomic E-state index is 12.9. The first-order valence-corrected chi connectivity index (χ1v) is 11.3. The zero-order valence-corrected chi connectivity index (χ0v) is 17.0. The average molecular weight is 436 g/mol. The van der Waals surface area contributed by atoms with Crippen molar-refractivity contribution < 1.29 is 22.3 Å². The van der Waals surface area contributed by atoms with Gasteiger partial charge in [0.15, 0.2) is 5.13 Å². The minimum absolute atomic E-state index is 0.0674. The molecule has 0 saturated carbocycles. The second-order valence-electron chi connectivity index (χ2n) is 6.03. The van der Waals surface area contributed by atoms with Gasteiger partial charge in [-0.25, -0.2) is 22.8 Å². The van der Waals surface area contributed by atoms with Crippen molar-refractivity contribution in [2.75, 3.05) is 23.9 Å². The van der Waals surface area contributed by atoms with Gasteiger partial charge in [-0.2, -0.15) is 0 Å². The molecule has 3 aromatic rings. The number of carbonyl (C=O) groups is 1. The lowest BCUT2D eigenvalue weighted by Gasteiger charge is -2.07. The maximum Gasteiger partial charge on any atom is 0.276 e. The van der Waals surface area contributed by atoms with Gasteiger partial charge in [-0.1, -0.05) is 0 Å². The van der Waals surface area contributed by atoms with Gasteiger partial charge < -0.3 is 4.74 Å². The number of aromatic nitrogens is 3. The fraction of sp³-hybridized carbons (Fsp3) is 0.222. The average Bonchev–Trinajstić information content (AvgIpc) is 3.13. The van der Waals surface area contributed by atoms with E-state index in [0.29, 0.717) is 22.1 Å². The molecule has 0 radical (unpaired) electrons. The van der Waals surface area contributed by atoms with Crippen LogP contribution in [0.4, 0.5) is 9.52 Å². The number of pyridine rings is 2. The molecule has 0 saturated heterocycles. The van der Waals surface area contributed by atoms with Crippen molar-refractivity contribution in [1.82, 2.24) is 15.0 Å². The zero-order chi connectivity index (χ0) is 20.9. The van der Waals surface area contributed by atoms with E-state index in [1.54, 1.807) is 17.6 Å². The summed E-state index contributed by atoms with van der Waals surface area (Å²) < 4.78 is 40.7. The van der Waals surface area contributed by atoms with Crippen LogP contribution in [0.1, 0.15) is 16.2 Å². The van der Waals surface area contributed by atoms with E-state index < -0.39 is 21.6 Å². The molecule has 152 valence electrons. The molecular formula is C18H17FN4O4S2. The molecule has 0 spiro atoms. The Hall–Kier alpha value is -2.76. The smallest absolute Gasteiger partial charge is 0.276 e. The van der Waals surface area contributed by atoms with E-state index in [0.717, 1.165) is 18.5 Å². The van der Waals surface area contributed by atoms with Crippen molar-refractivity contribution in [3.05, 3.63) is 59.2 Å². The van der Waals surface area contributed by atoms with Gasteiger partial charge in [0.05, 0.1) is 36.6 Å². The molecule has 3 heterocycles. The van der Waals surface area contributed by atoms with Crippen molar-refractivity contribution in [1.29, 1.82) is 0 Å². The van der Waals surface area contributed by atoms with Crippen molar-refractivity contribution in [2.45, 2.75) is 6.61 Å². The predicted molar refractivity (Wildman–Crippen MR) is 107 cm³/mol. The molecule has 0 bridgehead atoms. The molecule has 11 heteroatoms. The molecule has 0 aliphatic rings. The van der Waals surface area contributed by atoms with Crippen LogP contribution in [0.25, 0.3) is 11.3 Å². The van der Waals surface area contributed by atoms with E-state index in [9.17, 15) is 17.6 Å². The summed E-state index contributed by atoms with van der Waals surface area (Å²) in [6.07, 6.45) is 3.72. The molecule has 3 aromatic heterocycles. The van der Waals surface area contributed by atoms with Crippen LogP contribution in [-0.4, -0.2) is 47.9 Å². The monoisotopic (exact) mass is 436 g/mol. The summed E-state index contributed by atoms with van der Waals surface area (Å²) in [6, 6.07) is 5.99. The molecule has 0 atom stereocenters. The van der Waals surface area contributed by atoms with E-state index in [4.69, 9.17) is 4.74 Å². The predicted octanol–water partition coefficient (Wildman–Crippen LogP) is 2.55. The number of rotatable bonds is 8. The molecule has 0 aliphatic carbocycles. The fourth-order valence-corrected chi connectivity index (χ4v) is 3.42. The lowest BCUT2D eigenvalue weighted by molar-refractivity contribution is 0.102. The number of sulfone groups is 1. The SMILES string of the molecule is CS(=O)(=O)CCOCc1ncccc1-c1csc(NC(=O)c2ccc(F)cn2)n1. The normalized spacial score (nSPS) is 11.4. The number of ether oxygens (including phenoxy) is 1. The molecule has 8 nitrogen and oxygen atoms in total. The Bertz CT molecular complexity index is 1100. The number of thiazole rings is 1. The van der Waals surface area contributed by atoms with Crippen molar-refractivity contribution in [2.24, 2.45) is 0 Å². The molecule has 29 heavy (non-hydrogen) atoms. The maximum absolute atomic E-state index is 12.9. The number of nitrogens with zero attached hydrogens (tertiary/aromatic N) is 3. The van der Waals surface area contributed by atoms with Crippen molar-refractivity contribution in [3.63, 3.8) is 0 Å². The highest BCUT2D eigenvalue weighted by Gasteiger charge is 2.14. The van der Waals surface area contributed by atoms with E-state index >= 15 is 0 Å². The molecule has 0 aromatic carbocycles. The van der Waals surface area contributed by atoms with E-state index in [1.807, 2.05) is 6.07 Å². The lowest BCUT2D eigenvalue weighted by atomic mass is 10.1. The zero-order valence-electron chi connectivity index (χ0n) is 15.3. The number of carbonyl (C=O) groups excluding carboxylic acids is 1. The first kappa shape index (κ1) is 21.0. The molecule has 0 unspecified atom stereocenters. The van der Waals surface area contributed by atoms with Crippen LogP contribution in [0.15, 0.2) is 42.0 Å². The minimum Gasteiger partial charge on any atom is -0.374 e. The Morgan fingerprint density at radius 3 is 2.83 bits per heavy atom. The highest BCUT2D eigenvalue weighted by Crippen LogP contribution is 2.27. The van der Waals surface area contributed by atoms with Crippen LogP contribution in [0.3, 0.4) is 0 Å². The van der Waals surface area contributed by atoms with Gasteiger partial charge >= 0.3 is 0 Å². The number of hydrogen-bond donors (Lipinski definition) is 1.